The first-order valence-corrected chi connectivity index (χ1v) is 11.7. The number of hydrazone groups is 1. The topological polar surface area (TPSA) is 87.3 Å². The van der Waals surface area contributed by atoms with E-state index in [0.29, 0.717) is 28.8 Å². The fourth-order valence-corrected chi connectivity index (χ4v) is 4.26. The first kappa shape index (κ1) is 22.8. The number of amidine groups is 2. The van der Waals surface area contributed by atoms with Gasteiger partial charge < -0.3 is 9.47 Å². The Morgan fingerprint density at radius 2 is 1.88 bits per heavy atom. The highest BCUT2D eigenvalue weighted by Gasteiger charge is 2.36. The third kappa shape index (κ3) is 4.85. The summed E-state index contributed by atoms with van der Waals surface area (Å²) in [5.41, 5.74) is 1.96. The monoisotopic (exact) mass is 462 g/mol. The molecule has 0 bridgehead atoms. The Morgan fingerprint density at radius 1 is 1.12 bits per heavy atom. The standard InChI is InChI=1S/C25H26N4O3S/c1-5-31-21-14-17(11-12-20(21)32-16(4)18-9-7-6-8-10-18)13-19-22(26)29-25(27-23(19)30)33-24(28-29)15(2)3/h6-16,26H,5H2,1-4H3/b19-13-,26-22?. The molecule has 1 amide bonds. The minimum atomic E-state index is -0.449. The van der Waals surface area contributed by atoms with Gasteiger partial charge in [0.25, 0.3) is 5.91 Å². The lowest BCUT2D eigenvalue weighted by Crippen LogP contribution is -2.35. The molecule has 1 N–H and O–H groups in total. The summed E-state index contributed by atoms with van der Waals surface area (Å²) in [6.07, 6.45) is 1.49. The Morgan fingerprint density at radius 3 is 2.58 bits per heavy atom. The van der Waals surface area contributed by atoms with Gasteiger partial charge in [-0.2, -0.15) is 15.1 Å². The van der Waals surface area contributed by atoms with Gasteiger partial charge in [-0.1, -0.05) is 50.2 Å². The minimum Gasteiger partial charge on any atom is -0.490 e. The minimum absolute atomic E-state index is 0.0177. The van der Waals surface area contributed by atoms with E-state index >= 15 is 0 Å². The van der Waals surface area contributed by atoms with Crippen LogP contribution >= 0.6 is 11.8 Å². The molecule has 2 aliphatic rings. The zero-order valence-corrected chi connectivity index (χ0v) is 19.8. The Kier molecular flexibility index (Phi) is 6.65. The fraction of sp³-hybridized carbons (Fsp3) is 0.280. The quantitative estimate of drug-likeness (QED) is 0.549. The molecule has 0 saturated carbocycles. The normalized spacial score (nSPS) is 17.7. The second kappa shape index (κ2) is 9.62. The molecule has 0 radical (unpaired) electrons. The maximum atomic E-state index is 12.7. The van der Waals surface area contributed by atoms with Crippen molar-refractivity contribution in [3.63, 3.8) is 0 Å². The average Bonchev–Trinajstić information content (AvgIpc) is 3.23. The summed E-state index contributed by atoms with van der Waals surface area (Å²) in [6.45, 7) is 8.39. The van der Waals surface area contributed by atoms with Crippen LogP contribution in [0.4, 0.5) is 0 Å². The van der Waals surface area contributed by atoms with Crippen molar-refractivity contribution >= 4 is 39.8 Å². The highest BCUT2D eigenvalue weighted by Crippen LogP contribution is 2.34. The maximum Gasteiger partial charge on any atom is 0.283 e. The van der Waals surface area contributed by atoms with Crippen molar-refractivity contribution in [1.29, 1.82) is 5.41 Å². The van der Waals surface area contributed by atoms with E-state index < -0.39 is 5.91 Å². The predicted octanol–water partition coefficient (Wildman–Crippen LogP) is 5.50. The molecule has 1 atom stereocenters. The number of nitrogens with one attached hydrogen (secondary N) is 1. The smallest absolute Gasteiger partial charge is 0.283 e. The fourth-order valence-electron chi connectivity index (χ4n) is 3.37. The van der Waals surface area contributed by atoms with Crippen LogP contribution in [-0.4, -0.2) is 33.6 Å². The van der Waals surface area contributed by atoms with Crippen molar-refractivity contribution in [3.8, 4) is 11.5 Å². The molecule has 4 rings (SSSR count). The summed E-state index contributed by atoms with van der Waals surface area (Å²) in [4.78, 5) is 16.8. The molecule has 2 heterocycles. The molecule has 1 unspecified atom stereocenters. The SMILES string of the molecule is CCOc1cc(/C=C2/C(=N)N3N=C(C(C)C)SC3=NC2=O)ccc1OC(C)c1ccccc1. The van der Waals surface area contributed by atoms with Crippen LogP contribution in [0.1, 0.15) is 44.9 Å². The lowest BCUT2D eigenvalue weighted by Gasteiger charge is -2.20. The van der Waals surface area contributed by atoms with Gasteiger partial charge in [0.1, 0.15) is 11.1 Å². The van der Waals surface area contributed by atoms with Crippen molar-refractivity contribution in [3.05, 3.63) is 65.2 Å². The van der Waals surface area contributed by atoms with Crippen molar-refractivity contribution in [2.45, 2.75) is 33.8 Å². The first-order chi connectivity index (χ1) is 15.9. The van der Waals surface area contributed by atoms with Gasteiger partial charge in [-0.05, 0) is 54.9 Å². The number of rotatable bonds is 7. The maximum absolute atomic E-state index is 12.7. The number of benzene rings is 2. The van der Waals surface area contributed by atoms with E-state index in [2.05, 4.69) is 10.1 Å². The number of hydrogen-bond acceptors (Lipinski definition) is 6. The lowest BCUT2D eigenvalue weighted by molar-refractivity contribution is -0.114. The molecule has 0 aliphatic carbocycles. The summed E-state index contributed by atoms with van der Waals surface area (Å²) in [7, 11) is 0. The summed E-state index contributed by atoms with van der Waals surface area (Å²) in [5, 5.41) is 15.7. The molecular formula is C25H26N4O3S. The first-order valence-electron chi connectivity index (χ1n) is 10.9. The van der Waals surface area contributed by atoms with Gasteiger partial charge in [0.2, 0.25) is 5.17 Å². The second-order valence-corrected chi connectivity index (χ2v) is 8.91. The summed E-state index contributed by atoms with van der Waals surface area (Å²) in [5.74, 6) is 0.950. The van der Waals surface area contributed by atoms with E-state index in [4.69, 9.17) is 14.9 Å². The van der Waals surface area contributed by atoms with E-state index in [1.807, 2.05) is 76.2 Å². The Hall–Kier alpha value is -3.39. The number of thioether (sulfide) groups is 1. The molecule has 0 saturated heterocycles. The summed E-state index contributed by atoms with van der Waals surface area (Å²) < 4.78 is 12.0. The molecule has 33 heavy (non-hydrogen) atoms. The van der Waals surface area contributed by atoms with E-state index in [0.717, 1.165) is 10.6 Å². The average molecular weight is 463 g/mol. The summed E-state index contributed by atoms with van der Waals surface area (Å²) >= 11 is 1.33. The van der Waals surface area contributed by atoms with Gasteiger partial charge in [-0.25, -0.2) is 0 Å². The van der Waals surface area contributed by atoms with Crippen molar-refractivity contribution in [2.75, 3.05) is 6.61 Å². The van der Waals surface area contributed by atoms with E-state index in [1.54, 1.807) is 6.08 Å². The number of hydrogen-bond donors (Lipinski definition) is 1. The Bertz CT molecular complexity index is 1170. The molecule has 0 aromatic heterocycles. The van der Waals surface area contributed by atoms with Crippen LogP contribution in [0.25, 0.3) is 6.08 Å². The number of aliphatic imine (C=N–C) groups is 1. The largest absolute Gasteiger partial charge is 0.490 e. The van der Waals surface area contributed by atoms with Gasteiger partial charge >= 0.3 is 0 Å². The Balaban J connectivity index is 1.61. The van der Waals surface area contributed by atoms with E-state index in [1.165, 1.54) is 16.8 Å². The highest BCUT2D eigenvalue weighted by atomic mass is 32.2. The molecule has 7 nitrogen and oxygen atoms in total. The number of fused-ring (bicyclic) bond motifs is 1. The lowest BCUT2D eigenvalue weighted by atomic mass is 10.1. The molecule has 8 heteroatoms. The third-order valence-corrected chi connectivity index (χ3v) is 6.32. The van der Waals surface area contributed by atoms with Gasteiger partial charge in [0.15, 0.2) is 17.3 Å². The van der Waals surface area contributed by atoms with Crippen molar-refractivity contribution in [2.24, 2.45) is 16.0 Å². The van der Waals surface area contributed by atoms with Crippen LogP contribution in [0.15, 0.2) is 64.2 Å². The van der Waals surface area contributed by atoms with Crippen LogP contribution in [0, 0.1) is 11.3 Å². The molecule has 2 aliphatic heterocycles. The van der Waals surface area contributed by atoms with Crippen molar-refractivity contribution < 1.29 is 14.3 Å². The van der Waals surface area contributed by atoms with Gasteiger partial charge in [-0.15, -0.1) is 0 Å². The van der Waals surface area contributed by atoms with Crippen LogP contribution in [0.2, 0.25) is 0 Å². The summed E-state index contributed by atoms with van der Waals surface area (Å²) in [6, 6.07) is 15.4. The van der Waals surface area contributed by atoms with Crippen molar-refractivity contribution in [1.82, 2.24) is 5.01 Å². The van der Waals surface area contributed by atoms with Gasteiger partial charge in [0.05, 0.1) is 12.2 Å². The van der Waals surface area contributed by atoms with Crippen LogP contribution in [0.5, 0.6) is 11.5 Å². The van der Waals surface area contributed by atoms with Crippen LogP contribution in [0.3, 0.4) is 0 Å². The molecular weight excluding hydrogens is 436 g/mol. The number of nitrogens with zero attached hydrogens (tertiary/aromatic N) is 3. The number of carbonyl (C=O) groups is 1. The zero-order chi connectivity index (χ0) is 23.5. The number of carbonyl (C=O) groups excluding carboxylic acids is 1. The predicted molar refractivity (Wildman–Crippen MR) is 133 cm³/mol. The molecule has 0 fully saturated rings. The zero-order valence-electron chi connectivity index (χ0n) is 19.0. The van der Waals surface area contributed by atoms with Gasteiger partial charge in [0, 0.05) is 5.92 Å². The molecule has 0 spiro atoms. The number of amides is 1. The second-order valence-electron chi connectivity index (χ2n) is 7.92. The van der Waals surface area contributed by atoms with E-state index in [9.17, 15) is 4.79 Å². The molecule has 2 aromatic rings. The van der Waals surface area contributed by atoms with Crippen LogP contribution in [-0.2, 0) is 4.79 Å². The molecule has 170 valence electrons. The van der Waals surface area contributed by atoms with E-state index in [-0.39, 0.29) is 23.4 Å². The number of ether oxygens (including phenoxy) is 2. The molecule has 2 aromatic carbocycles. The van der Waals surface area contributed by atoms with Crippen LogP contribution < -0.4 is 9.47 Å². The van der Waals surface area contributed by atoms with Gasteiger partial charge in [-0.3, -0.25) is 10.2 Å². The third-order valence-electron chi connectivity index (χ3n) is 5.12. The Labute approximate surface area is 197 Å². The highest BCUT2D eigenvalue weighted by molar-refractivity contribution is 8.27.